The van der Waals surface area contributed by atoms with Gasteiger partial charge in [-0.3, -0.25) is 4.79 Å². The van der Waals surface area contributed by atoms with Gasteiger partial charge in [-0.05, 0) is 56.9 Å². The Labute approximate surface area is 180 Å². The fraction of sp³-hybridized carbons (Fsp3) is 0.348. The minimum Gasteiger partial charge on any atom is -0.400 e. The van der Waals surface area contributed by atoms with Gasteiger partial charge in [0.1, 0.15) is 0 Å². The lowest BCUT2D eigenvalue weighted by Crippen LogP contribution is -2.41. The highest BCUT2D eigenvalue weighted by Gasteiger charge is 2.52. The summed E-state index contributed by atoms with van der Waals surface area (Å²) >= 11 is 3.10. The number of thioether (sulfide) groups is 1. The van der Waals surface area contributed by atoms with E-state index in [0.29, 0.717) is 5.75 Å². The number of benzene rings is 2. The summed E-state index contributed by atoms with van der Waals surface area (Å²) in [5.74, 6) is 0.550. The van der Waals surface area contributed by atoms with Gasteiger partial charge in [-0.2, -0.15) is 0 Å². The molecule has 2 aromatic carbocycles. The van der Waals surface area contributed by atoms with Crippen LogP contribution in [0, 0.1) is 0 Å². The molecule has 1 aliphatic rings. The van der Waals surface area contributed by atoms with Crippen LogP contribution in [0.4, 0.5) is 0 Å². The van der Waals surface area contributed by atoms with E-state index >= 15 is 0 Å². The molecular formula is C23H25BO3S2. The highest BCUT2D eigenvalue weighted by molar-refractivity contribution is 8.13. The van der Waals surface area contributed by atoms with Gasteiger partial charge < -0.3 is 9.31 Å². The van der Waals surface area contributed by atoms with Crippen LogP contribution in [0.25, 0.3) is 26.2 Å². The number of carbonyl (C=O) groups is 1. The Balaban J connectivity index is 1.74. The molecule has 29 heavy (non-hydrogen) atoms. The molecule has 6 heteroatoms. The standard InChI is InChI=1S/C23H25BO3S2/c1-15(25)28-14-17(24-26-22(2,3)23(4,5)27-24)12-16-10-11-21-19(13-16)18-8-6-7-9-20(18)29-21/h6-13H,14H2,1-5H3. The van der Waals surface area contributed by atoms with Gasteiger partial charge in [0.05, 0.1) is 11.2 Å². The molecule has 4 rings (SSSR count). The lowest BCUT2D eigenvalue weighted by atomic mass is 9.78. The van der Waals surface area contributed by atoms with Gasteiger partial charge in [0.2, 0.25) is 0 Å². The van der Waals surface area contributed by atoms with E-state index in [1.165, 1.54) is 31.9 Å². The Bertz CT molecular complexity index is 1100. The van der Waals surface area contributed by atoms with Crippen LogP contribution >= 0.6 is 23.1 Å². The number of hydrogen-bond acceptors (Lipinski definition) is 5. The smallest absolute Gasteiger partial charge is 0.400 e. The second-order valence-corrected chi connectivity index (χ2v) is 10.7. The maximum absolute atomic E-state index is 11.6. The molecule has 0 radical (unpaired) electrons. The molecule has 0 aliphatic carbocycles. The molecule has 150 valence electrons. The highest BCUT2D eigenvalue weighted by Crippen LogP contribution is 2.40. The Kier molecular flexibility index (Phi) is 5.40. The number of rotatable bonds is 4. The van der Waals surface area contributed by atoms with Gasteiger partial charge in [-0.25, -0.2) is 0 Å². The van der Waals surface area contributed by atoms with Gasteiger partial charge in [0.15, 0.2) is 5.12 Å². The number of hydrogen-bond donors (Lipinski definition) is 0. The van der Waals surface area contributed by atoms with Gasteiger partial charge in [-0.15, -0.1) is 11.3 Å². The fourth-order valence-corrected chi connectivity index (χ4v) is 5.08. The maximum atomic E-state index is 11.6. The lowest BCUT2D eigenvalue weighted by molar-refractivity contribution is -0.109. The molecule has 0 amide bonds. The van der Waals surface area contributed by atoms with E-state index in [4.69, 9.17) is 9.31 Å². The van der Waals surface area contributed by atoms with Crippen molar-refractivity contribution in [1.82, 2.24) is 0 Å². The lowest BCUT2D eigenvalue weighted by Gasteiger charge is -2.32. The molecule has 2 heterocycles. The van der Waals surface area contributed by atoms with Crippen molar-refractivity contribution in [3.05, 3.63) is 53.5 Å². The zero-order valence-electron chi connectivity index (χ0n) is 17.4. The summed E-state index contributed by atoms with van der Waals surface area (Å²) in [6, 6.07) is 15.0. The third-order valence-corrected chi connectivity index (χ3v) is 7.79. The quantitative estimate of drug-likeness (QED) is 0.457. The van der Waals surface area contributed by atoms with Crippen LogP contribution in [-0.2, 0) is 14.1 Å². The summed E-state index contributed by atoms with van der Waals surface area (Å²) < 4.78 is 15.1. The van der Waals surface area contributed by atoms with Gasteiger partial charge in [-0.1, -0.05) is 42.1 Å². The molecule has 0 spiro atoms. The average molecular weight is 424 g/mol. The fourth-order valence-electron chi connectivity index (χ4n) is 3.40. The van der Waals surface area contributed by atoms with E-state index in [0.717, 1.165) is 11.0 Å². The van der Waals surface area contributed by atoms with E-state index < -0.39 is 18.3 Å². The molecule has 0 N–H and O–H groups in total. The van der Waals surface area contributed by atoms with Gasteiger partial charge >= 0.3 is 7.12 Å². The van der Waals surface area contributed by atoms with E-state index in [1.54, 1.807) is 6.92 Å². The van der Waals surface area contributed by atoms with Crippen molar-refractivity contribution in [2.24, 2.45) is 0 Å². The minimum absolute atomic E-state index is 0.0895. The van der Waals surface area contributed by atoms with Crippen molar-refractivity contribution >= 4 is 61.6 Å². The zero-order valence-corrected chi connectivity index (χ0v) is 19.1. The maximum Gasteiger partial charge on any atom is 0.491 e. The highest BCUT2D eigenvalue weighted by atomic mass is 32.2. The van der Waals surface area contributed by atoms with Gasteiger partial charge in [0, 0.05) is 32.8 Å². The first-order chi connectivity index (χ1) is 13.7. The number of thiophene rings is 1. The summed E-state index contributed by atoms with van der Waals surface area (Å²) in [6.45, 7) is 9.78. The minimum atomic E-state index is -0.457. The van der Waals surface area contributed by atoms with Crippen LogP contribution in [-0.4, -0.2) is 29.2 Å². The first-order valence-electron chi connectivity index (χ1n) is 9.77. The number of fused-ring (bicyclic) bond motifs is 3. The van der Waals surface area contributed by atoms with Crippen LogP contribution in [0.1, 0.15) is 40.2 Å². The summed E-state index contributed by atoms with van der Waals surface area (Å²) in [4.78, 5) is 11.6. The Morgan fingerprint density at radius 3 is 2.38 bits per heavy atom. The molecule has 3 nitrogen and oxygen atoms in total. The van der Waals surface area contributed by atoms with Crippen LogP contribution < -0.4 is 0 Å². The van der Waals surface area contributed by atoms with E-state index in [9.17, 15) is 4.79 Å². The predicted octanol–water partition coefficient (Wildman–Crippen LogP) is 6.35. The monoisotopic (exact) mass is 424 g/mol. The molecule has 0 unspecified atom stereocenters. The van der Waals surface area contributed by atoms with Crippen molar-refractivity contribution < 1.29 is 14.1 Å². The number of carbonyl (C=O) groups excluding carboxylic acids is 1. The van der Waals surface area contributed by atoms with E-state index in [2.05, 4.69) is 48.5 Å². The first kappa shape index (κ1) is 20.7. The molecule has 1 saturated heterocycles. The Hall–Kier alpha value is -1.60. The average Bonchev–Trinajstić information content (AvgIpc) is 3.11. The Morgan fingerprint density at radius 1 is 1.03 bits per heavy atom. The summed E-state index contributed by atoms with van der Waals surface area (Å²) in [7, 11) is -0.457. The normalized spacial score (nSPS) is 18.7. The SMILES string of the molecule is CC(=O)SCC(=Cc1ccc2sc3ccccc3c2c1)B1OC(C)(C)C(C)(C)O1. The Morgan fingerprint density at radius 2 is 1.69 bits per heavy atom. The van der Waals surface area contributed by atoms with Crippen molar-refractivity contribution in [1.29, 1.82) is 0 Å². The van der Waals surface area contributed by atoms with Crippen molar-refractivity contribution in [3.8, 4) is 0 Å². The molecule has 1 fully saturated rings. The molecule has 0 bridgehead atoms. The molecular weight excluding hydrogens is 399 g/mol. The molecule has 0 saturated carbocycles. The van der Waals surface area contributed by atoms with Gasteiger partial charge in [0.25, 0.3) is 0 Å². The van der Waals surface area contributed by atoms with Crippen LogP contribution in [0.3, 0.4) is 0 Å². The first-order valence-corrected chi connectivity index (χ1v) is 11.6. The second kappa shape index (κ2) is 7.58. The third kappa shape index (κ3) is 4.04. The summed E-state index contributed by atoms with van der Waals surface area (Å²) in [6.07, 6.45) is 2.12. The summed E-state index contributed by atoms with van der Waals surface area (Å²) in [5.41, 5.74) is 1.24. The largest absolute Gasteiger partial charge is 0.491 e. The summed E-state index contributed by atoms with van der Waals surface area (Å²) in [5, 5.41) is 2.62. The molecule has 3 aromatic rings. The second-order valence-electron chi connectivity index (χ2n) is 8.44. The van der Waals surface area contributed by atoms with Crippen LogP contribution in [0.5, 0.6) is 0 Å². The van der Waals surface area contributed by atoms with Crippen molar-refractivity contribution in [2.75, 3.05) is 5.75 Å². The third-order valence-electron chi connectivity index (χ3n) is 5.75. The predicted molar refractivity (Wildman–Crippen MR) is 127 cm³/mol. The van der Waals surface area contributed by atoms with Crippen LogP contribution in [0.15, 0.2) is 47.9 Å². The molecule has 1 aromatic heterocycles. The van der Waals surface area contributed by atoms with Crippen molar-refractivity contribution in [2.45, 2.75) is 45.8 Å². The molecule has 0 atom stereocenters. The zero-order chi connectivity index (χ0) is 20.8. The van der Waals surface area contributed by atoms with Crippen LogP contribution in [0.2, 0.25) is 0 Å². The molecule has 1 aliphatic heterocycles. The van der Waals surface area contributed by atoms with E-state index in [-0.39, 0.29) is 5.12 Å². The topological polar surface area (TPSA) is 35.5 Å². The van der Waals surface area contributed by atoms with Crippen molar-refractivity contribution in [3.63, 3.8) is 0 Å². The van der Waals surface area contributed by atoms with E-state index in [1.807, 2.05) is 39.0 Å².